The van der Waals surface area contributed by atoms with Crippen molar-refractivity contribution in [3.63, 3.8) is 0 Å². The molecule has 0 saturated carbocycles. The molecule has 0 amide bonds. The van der Waals surface area contributed by atoms with Crippen LogP contribution in [0, 0.1) is 11.6 Å². The van der Waals surface area contributed by atoms with Gasteiger partial charge in [-0.05, 0) is 41.7 Å². The van der Waals surface area contributed by atoms with Crippen molar-refractivity contribution in [2.24, 2.45) is 0 Å². The number of benzene rings is 3. The van der Waals surface area contributed by atoms with E-state index in [9.17, 15) is 26.5 Å². The molecular weight excluding hydrogens is 599 g/mol. The molecule has 8 nitrogen and oxygen atoms in total. The van der Waals surface area contributed by atoms with E-state index in [4.69, 9.17) is 4.74 Å². The molecule has 0 unspecified atom stereocenters. The number of imidazole rings is 1. The van der Waals surface area contributed by atoms with E-state index in [1.165, 1.54) is 4.57 Å². The number of ether oxygens (including phenoxy) is 1. The van der Waals surface area contributed by atoms with Crippen LogP contribution in [0.25, 0.3) is 17.1 Å². The van der Waals surface area contributed by atoms with Gasteiger partial charge in [-0.15, -0.1) is 0 Å². The molecule has 1 N–H and O–H groups in total. The zero-order chi connectivity index (χ0) is 30.4. The smallest absolute Gasteiger partial charge is 0.748 e. The summed E-state index contributed by atoms with van der Waals surface area (Å²) in [5.74, 6) is -2.30. The molecule has 224 valence electrons. The Bertz CT molecular complexity index is 1810. The predicted molar refractivity (Wildman–Crippen MR) is 158 cm³/mol. The Kier molecular flexibility index (Phi) is 11.5. The summed E-state index contributed by atoms with van der Waals surface area (Å²) in [7, 11) is -4.24. The summed E-state index contributed by atoms with van der Waals surface area (Å²) in [6.45, 7) is 0.0267. The summed E-state index contributed by atoms with van der Waals surface area (Å²) in [6, 6.07) is 21.6. The van der Waals surface area contributed by atoms with Crippen molar-refractivity contribution in [3.8, 4) is 22.8 Å². The van der Waals surface area contributed by atoms with Gasteiger partial charge in [-0.2, -0.15) is 0 Å². The van der Waals surface area contributed by atoms with Gasteiger partial charge in [0.25, 0.3) is 5.56 Å². The minimum absolute atomic E-state index is 0. The van der Waals surface area contributed by atoms with Crippen LogP contribution in [-0.2, 0) is 23.0 Å². The zero-order valence-corrected chi connectivity index (χ0v) is 27.1. The van der Waals surface area contributed by atoms with E-state index < -0.39 is 33.3 Å². The van der Waals surface area contributed by atoms with Crippen LogP contribution in [0.5, 0.6) is 5.75 Å². The Balaban J connectivity index is 0.00000442. The quantitative estimate of drug-likeness (QED) is 0.122. The minimum atomic E-state index is -4.24. The van der Waals surface area contributed by atoms with Gasteiger partial charge in [-0.1, -0.05) is 73.5 Å². The normalized spacial score (nSPS) is 11.4. The second-order valence-electron chi connectivity index (χ2n) is 10.3. The standard InChI is InChI=1S/C32H31F2N3O5S.Na/c33-25-17-23(18-26(34)30(25)42-15-9-1-2-10-16-43(39,40)41)20-28-32(38)37-21-29(24-13-7-4-8-14-24)35-27(31(37)36-28)19-22-11-5-3-6-12-22;/h3-8,11-14,17-18,21,35H,1-2,9-10,15-16,19-20H2,(H,39,40,41);/q;+1/p-1. The maximum Gasteiger partial charge on any atom is 1.00 e. The van der Waals surface area contributed by atoms with Crippen LogP contribution in [0.2, 0.25) is 0 Å². The fourth-order valence-corrected chi connectivity index (χ4v) is 5.49. The molecule has 0 spiro atoms. The second kappa shape index (κ2) is 15.1. The van der Waals surface area contributed by atoms with Crippen LogP contribution >= 0.6 is 0 Å². The van der Waals surface area contributed by atoms with Gasteiger partial charge in [0.2, 0.25) is 0 Å². The first-order valence-electron chi connectivity index (χ1n) is 13.9. The molecule has 2 heterocycles. The molecule has 0 fully saturated rings. The average molecular weight is 630 g/mol. The Labute approximate surface area is 276 Å². The fourth-order valence-electron chi connectivity index (χ4n) is 4.93. The minimum Gasteiger partial charge on any atom is -0.748 e. The summed E-state index contributed by atoms with van der Waals surface area (Å²) in [4.78, 5) is 21.5. The molecule has 0 aliphatic carbocycles. The number of H-pyrrole nitrogens is 1. The summed E-state index contributed by atoms with van der Waals surface area (Å²) in [5, 5.41) is 0. The first-order chi connectivity index (χ1) is 20.7. The van der Waals surface area contributed by atoms with Crippen LogP contribution in [0.4, 0.5) is 8.78 Å². The third kappa shape index (κ3) is 8.64. The van der Waals surface area contributed by atoms with Crippen molar-refractivity contribution >= 4 is 10.1 Å². The fraction of sp³-hybridized carbons (Fsp3) is 0.250. The largest absolute Gasteiger partial charge is 1.00 e. The van der Waals surface area contributed by atoms with Gasteiger partial charge in [0.1, 0.15) is 5.69 Å². The summed E-state index contributed by atoms with van der Waals surface area (Å²) < 4.78 is 68.4. The summed E-state index contributed by atoms with van der Waals surface area (Å²) in [5.41, 5.74) is 3.39. The number of halogens is 2. The van der Waals surface area contributed by atoms with Crippen molar-refractivity contribution in [2.75, 3.05) is 12.4 Å². The third-order valence-corrected chi connectivity index (χ3v) is 7.81. The van der Waals surface area contributed by atoms with Gasteiger partial charge < -0.3 is 14.3 Å². The molecule has 3 aromatic rings. The maximum atomic E-state index is 14.9. The van der Waals surface area contributed by atoms with Gasteiger partial charge >= 0.3 is 29.6 Å². The molecule has 0 atom stereocenters. The molecule has 2 aliphatic heterocycles. The van der Waals surface area contributed by atoms with Crippen molar-refractivity contribution in [3.05, 3.63) is 123 Å². The van der Waals surface area contributed by atoms with Crippen LogP contribution in [0.3, 0.4) is 0 Å². The Hall–Kier alpha value is -3.35. The molecule has 0 radical (unpaired) electrons. The number of hydrogen-bond donors (Lipinski definition) is 1. The molecule has 2 aliphatic rings. The molecule has 12 heteroatoms. The molecule has 0 aromatic heterocycles. The molecule has 5 rings (SSSR count). The van der Waals surface area contributed by atoms with E-state index in [2.05, 4.69) is 9.97 Å². The number of hydrogen-bond acceptors (Lipinski definition) is 6. The summed E-state index contributed by atoms with van der Waals surface area (Å²) >= 11 is 0. The number of aromatic nitrogens is 3. The van der Waals surface area contributed by atoms with E-state index in [1.807, 2.05) is 60.7 Å². The van der Waals surface area contributed by atoms with Crippen molar-refractivity contribution in [1.82, 2.24) is 14.5 Å². The van der Waals surface area contributed by atoms with Crippen molar-refractivity contribution in [1.29, 1.82) is 0 Å². The first kappa shape index (κ1) is 33.5. The van der Waals surface area contributed by atoms with Gasteiger partial charge in [-0.3, -0.25) is 9.36 Å². The van der Waals surface area contributed by atoms with Gasteiger partial charge in [-0.25, -0.2) is 22.2 Å². The monoisotopic (exact) mass is 629 g/mol. The average Bonchev–Trinajstić information content (AvgIpc) is 3.29. The predicted octanol–water partition coefficient (Wildman–Crippen LogP) is 2.61. The molecular formula is C32H30F2N3NaO5S. The van der Waals surface area contributed by atoms with Gasteiger partial charge in [0.15, 0.2) is 23.2 Å². The van der Waals surface area contributed by atoms with Crippen LogP contribution in [0.15, 0.2) is 83.8 Å². The number of unbranched alkanes of at least 4 members (excludes halogenated alkanes) is 3. The Morgan fingerprint density at radius 2 is 1.50 bits per heavy atom. The molecule has 0 saturated heterocycles. The number of fused-ring (bicyclic) bond motifs is 1. The number of nitrogens with zero attached hydrogens (tertiary/aromatic N) is 2. The number of nitrogens with one attached hydrogen (secondary N) is 1. The van der Waals surface area contributed by atoms with E-state index >= 15 is 0 Å². The van der Waals surface area contributed by atoms with E-state index in [-0.39, 0.29) is 65.8 Å². The first-order valence-corrected chi connectivity index (χ1v) is 15.5. The number of rotatable bonds is 13. The van der Waals surface area contributed by atoms with Crippen LogP contribution < -0.4 is 39.9 Å². The molecule has 44 heavy (non-hydrogen) atoms. The SMILES string of the molecule is O=c1c(Cc2cc(F)c(OCCCCCCS(=O)(=O)[O-])c(F)c2)nc2c(Cc3ccccc3)[nH]c(-c3ccccc3)cn1-2.[Na+]. The zero-order valence-electron chi connectivity index (χ0n) is 24.3. The third-order valence-electron chi connectivity index (χ3n) is 7.02. The number of aromatic amines is 1. The van der Waals surface area contributed by atoms with E-state index in [1.54, 1.807) is 6.20 Å². The topological polar surface area (TPSA) is 117 Å². The summed E-state index contributed by atoms with van der Waals surface area (Å²) in [6.07, 6.45) is 3.81. The Morgan fingerprint density at radius 1 is 0.864 bits per heavy atom. The van der Waals surface area contributed by atoms with Crippen molar-refractivity contribution in [2.45, 2.75) is 38.5 Å². The van der Waals surface area contributed by atoms with Crippen molar-refractivity contribution < 1.29 is 56.0 Å². The van der Waals surface area contributed by atoms with Gasteiger partial charge in [0.05, 0.1) is 28.1 Å². The van der Waals surface area contributed by atoms with Gasteiger partial charge in [0, 0.05) is 24.8 Å². The maximum absolute atomic E-state index is 14.9. The van der Waals surface area contributed by atoms with Crippen LogP contribution in [0.1, 0.15) is 48.2 Å². The van der Waals surface area contributed by atoms with Crippen LogP contribution in [-0.4, -0.2) is 39.9 Å². The molecule has 0 bridgehead atoms. The van der Waals surface area contributed by atoms with E-state index in [0.29, 0.717) is 31.5 Å². The second-order valence-corrected chi connectivity index (χ2v) is 11.8. The Morgan fingerprint density at radius 3 is 2.16 bits per heavy atom. The van der Waals surface area contributed by atoms with E-state index in [0.717, 1.165) is 34.6 Å². The molecule has 3 aromatic carbocycles.